The quantitative estimate of drug-likeness (QED) is 0.334. The van der Waals surface area contributed by atoms with Gasteiger partial charge < -0.3 is 9.26 Å². The van der Waals surface area contributed by atoms with E-state index in [-0.39, 0.29) is 12.6 Å². The molecule has 4 rings (SSSR count). The van der Waals surface area contributed by atoms with E-state index in [1.54, 1.807) is 35.5 Å². The fourth-order valence-electron chi connectivity index (χ4n) is 2.69. The number of nitrogens with zero attached hydrogens (tertiary/aromatic N) is 6. The molecule has 3 aromatic heterocycles. The van der Waals surface area contributed by atoms with E-state index in [4.69, 9.17) is 9.26 Å². The van der Waals surface area contributed by atoms with Gasteiger partial charge in [-0.15, -0.1) is 0 Å². The number of aryl methyl sites for hydroxylation is 1. The molecule has 0 atom stereocenters. The average Bonchev–Trinajstić information content (AvgIpc) is 3.44. The number of hydrogen-bond acceptors (Lipinski definition) is 8. The number of carbonyl (C=O) groups excluding carboxylic acids is 1. The van der Waals surface area contributed by atoms with Crippen LogP contribution in [0.4, 0.5) is 0 Å². The SMILES string of the molecule is O=C(OCCCc1nc(-c2cccnc2)no1)c1ccc(Cn2cncn2)cc1. The lowest BCUT2D eigenvalue weighted by Crippen LogP contribution is -2.08. The molecule has 9 nitrogen and oxygen atoms in total. The molecule has 0 spiro atoms. The summed E-state index contributed by atoms with van der Waals surface area (Å²) in [6.45, 7) is 0.866. The lowest BCUT2D eigenvalue weighted by molar-refractivity contribution is 0.0498. The molecule has 3 heterocycles. The van der Waals surface area contributed by atoms with Crippen molar-refractivity contribution in [2.75, 3.05) is 6.61 Å². The first-order valence-corrected chi connectivity index (χ1v) is 9.09. The molecule has 9 heteroatoms. The Morgan fingerprint density at radius 2 is 2.03 bits per heavy atom. The topological polar surface area (TPSA) is 109 Å². The summed E-state index contributed by atoms with van der Waals surface area (Å²) in [5.41, 5.74) is 2.32. The first-order chi connectivity index (χ1) is 14.3. The minimum atomic E-state index is -0.362. The predicted octanol–water partition coefficient (Wildman–Crippen LogP) is 2.56. The van der Waals surface area contributed by atoms with Gasteiger partial charge in [-0.25, -0.2) is 14.5 Å². The Bertz CT molecular complexity index is 1050. The van der Waals surface area contributed by atoms with Crippen LogP contribution >= 0.6 is 0 Å². The molecule has 0 saturated heterocycles. The van der Waals surface area contributed by atoms with E-state index < -0.39 is 0 Å². The third kappa shape index (κ3) is 4.89. The van der Waals surface area contributed by atoms with E-state index in [1.165, 1.54) is 6.33 Å². The summed E-state index contributed by atoms with van der Waals surface area (Å²) < 4.78 is 12.3. The molecular weight excluding hydrogens is 372 g/mol. The number of esters is 1. The fourth-order valence-corrected chi connectivity index (χ4v) is 2.69. The number of carbonyl (C=O) groups is 1. The third-order valence-electron chi connectivity index (χ3n) is 4.16. The van der Waals surface area contributed by atoms with Gasteiger partial charge in [0.1, 0.15) is 12.7 Å². The minimum Gasteiger partial charge on any atom is -0.462 e. The third-order valence-corrected chi connectivity index (χ3v) is 4.16. The molecule has 0 N–H and O–H groups in total. The Kier molecular flexibility index (Phi) is 5.65. The maximum Gasteiger partial charge on any atom is 0.338 e. The van der Waals surface area contributed by atoms with Crippen LogP contribution in [0, 0.1) is 0 Å². The largest absolute Gasteiger partial charge is 0.462 e. The molecule has 0 fully saturated rings. The van der Waals surface area contributed by atoms with Crippen molar-refractivity contribution in [2.45, 2.75) is 19.4 Å². The van der Waals surface area contributed by atoms with Crippen LogP contribution in [0.2, 0.25) is 0 Å². The average molecular weight is 390 g/mol. The zero-order chi connectivity index (χ0) is 19.9. The summed E-state index contributed by atoms with van der Waals surface area (Å²) in [6.07, 6.45) is 7.60. The molecular formula is C20H18N6O3. The minimum absolute atomic E-state index is 0.268. The van der Waals surface area contributed by atoms with Crippen LogP contribution < -0.4 is 0 Å². The van der Waals surface area contributed by atoms with E-state index in [2.05, 4.69) is 25.2 Å². The lowest BCUT2D eigenvalue weighted by Gasteiger charge is -2.05. The number of ether oxygens (including phenoxy) is 1. The van der Waals surface area contributed by atoms with Crippen molar-refractivity contribution in [1.29, 1.82) is 0 Å². The molecule has 146 valence electrons. The van der Waals surface area contributed by atoms with Gasteiger partial charge in [0.25, 0.3) is 0 Å². The van der Waals surface area contributed by atoms with Crippen LogP contribution in [-0.2, 0) is 17.7 Å². The van der Waals surface area contributed by atoms with Gasteiger partial charge in [0.2, 0.25) is 11.7 Å². The first kappa shape index (κ1) is 18.5. The molecule has 0 bridgehead atoms. The van der Waals surface area contributed by atoms with Crippen molar-refractivity contribution in [3.8, 4) is 11.4 Å². The fraction of sp³-hybridized carbons (Fsp3) is 0.200. The van der Waals surface area contributed by atoms with Crippen molar-refractivity contribution in [1.82, 2.24) is 29.9 Å². The monoisotopic (exact) mass is 390 g/mol. The molecule has 0 amide bonds. The van der Waals surface area contributed by atoms with E-state index in [0.717, 1.165) is 11.1 Å². The second-order valence-corrected chi connectivity index (χ2v) is 6.28. The Hall–Kier alpha value is -3.88. The van der Waals surface area contributed by atoms with Crippen molar-refractivity contribution in [2.24, 2.45) is 0 Å². The highest BCUT2D eigenvalue weighted by Crippen LogP contribution is 2.14. The van der Waals surface area contributed by atoms with Gasteiger partial charge in [0.15, 0.2) is 0 Å². The van der Waals surface area contributed by atoms with Gasteiger partial charge in [0, 0.05) is 24.4 Å². The van der Waals surface area contributed by atoms with Crippen molar-refractivity contribution in [3.63, 3.8) is 0 Å². The predicted molar refractivity (Wildman–Crippen MR) is 102 cm³/mol. The molecule has 0 radical (unpaired) electrons. The van der Waals surface area contributed by atoms with Crippen LogP contribution in [-0.4, -0.2) is 42.5 Å². The number of benzene rings is 1. The number of aromatic nitrogens is 6. The van der Waals surface area contributed by atoms with E-state index in [9.17, 15) is 4.79 Å². The molecule has 0 aliphatic rings. The smallest absolute Gasteiger partial charge is 0.338 e. The van der Waals surface area contributed by atoms with Crippen LogP contribution in [0.5, 0.6) is 0 Å². The highest BCUT2D eigenvalue weighted by atomic mass is 16.5. The van der Waals surface area contributed by atoms with E-state index in [0.29, 0.717) is 36.7 Å². The Morgan fingerprint density at radius 3 is 2.79 bits per heavy atom. The van der Waals surface area contributed by atoms with Crippen LogP contribution in [0.3, 0.4) is 0 Å². The normalized spacial score (nSPS) is 10.8. The molecule has 0 saturated carbocycles. The second-order valence-electron chi connectivity index (χ2n) is 6.28. The van der Waals surface area contributed by atoms with Crippen molar-refractivity contribution in [3.05, 3.63) is 78.5 Å². The summed E-state index contributed by atoms with van der Waals surface area (Å²) in [5.74, 6) is 0.632. The zero-order valence-corrected chi connectivity index (χ0v) is 15.5. The van der Waals surface area contributed by atoms with Gasteiger partial charge in [-0.2, -0.15) is 10.1 Å². The van der Waals surface area contributed by atoms with Gasteiger partial charge in [-0.3, -0.25) is 4.98 Å². The van der Waals surface area contributed by atoms with Crippen molar-refractivity contribution < 1.29 is 14.1 Å². The lowest BCUT2D eigenvalue weighted by atomic mass is 10.1. The Morgan fingerprint density at radius 1 is 1.14 bits per heavy atom. The maximum atomic E-state index is 12.2. The highest BCUT2D eigenvalue weighted by Gasteiger charge is 2.10. The van der Waals surface area contributed by atoms with Crippen molar-refractivity contribution >= 4 is 5.97 Å². The van der Waals surface area contributed by atoms with Gasteiger partial charge in [-0.1, -0.05) is 17.3 Å². The molecule has 0 unspecified atom stereocenters. The zero-order valence-electron chi connectivity index (χ0n) is 15.5. The molecule has 0 aliphatic heterocycles. The van der Waals surface area contributed by atoms with E-state index >= 15 is 0 Å². The number of pyridine rings is 1. The Balaban J connectivity index is 1.22. The summed E-state index contributed by atoms with van der Waals surface area (Å²) >= 11 is 0. The Labute approximate surface area is 166 Å². The summed E-state index contributed by atoms with van der Waals surface area (Å²) in [5, 5.41) is 7.99. The summed E-state index contributed by atoms with van der Waals surface area (Å²) in [4.78, 5) is 24.4. The first-order valence-electron chi connectivity index (χ1n) is 9.09. The second kappa shape index (κ2) is 8.87. The maximum absolute atomic E-state index is 12.2. The van der Waals surface area contributed by atoms with Crippen LogP contribution in [0.1, 0.15) is 28.2 Å². The molecule has 0 aliphatic carbocycles. The van der Waals surface area contributed by atoms with E-state index in [1.807, 2.05) is 24.3 Å². The molecule has 1 aromatic carbocycles. The summed E-state index contributed by atoms with van der Waals surface area (Å²) in [7, 11) is 0. The van der Waals surface area contributed by atoms with Gasteiger partial charge >= 0.3 is 5.97 Å². The van der Waals surface area contributed by atoms with Crippen LogP contribution in [0.15, 0.2) is 66.0 Å². The molecule has 29 heavy (non-hydrogen) atoms. The highest BCUT2D eigenvalue weighted by molar-refractivity contribution is 5.89. The standard InChI is InChI=1S/C20H18N6O3/c27-20(16-7-5-15(6-8-16)12-26-14-22-13-23-26)28-10-2-4-18-24-19(25-29-18)17-3-1-9-21-11-17/h1,3,5-9,11,13-14H,2,4,10,12H2. The van der Waals surface area contributed by atoms with Crippen LogP contribution in [0.25, 0.3) is 11.4 Å². The van der Waals surface area contributed by atoms with Gasteiger partial charge in [0.05, 0.1) is 18.7 Å². The van der Waals surface area contributed by atoms with Gasteiger partial charge in [-0.05, 0) is 36.2 Å². The molecule has 4 aromatic rings. The summed E-state index contributed by atoms with van der Waals surface area (Å²) in [6, 6.07) is 10.9. The number of rotatable bonds is 8. The number of hydrogen-bond donors (Lipinski definition) is 0.